The maximum absolute atomic E-state index is 10.5. The molecule has 0 aliphatic rings. The van der Waals surface area contributed by atoms with Crippen molar-refractivity contribution in [3.63, 3.8) is 0 Å². The van der Waals surface area contributed by atoms with E-state index >= 15 is 0 Å². The van der Waals surface area contributed by atoms with Gasteiger partial charge in [-0.05, 0) is 25.0 Å². The standard InChI is InChI=1S/C21H29NO/c1-20(2,21(3,4)23)17-22(15-18-11-7-5-8-12-18)16-19-13-9-6-10-14-19/h5-14,23H,15-17H2,1-4H3. The molecule has 0 fully saturated rings. The van der Waals surface area contributed by atoms with Crippen LogP contribution in [0.25, 0.3) is 0 Å². The minimum Gasteiger partial charge on any atom is -0.390 e. The van der Waals surface area contributed by atoms with Crippen LogP contribution in [0.3, 0.4) is 0 Å². The predicted octanol–water partition coefficient (Wildman–Crippen LogP) is 4.49. The first-order chi connectivity index (χ1) is 10.8. The van der Waals surface area contributed by atoms with E-state index < -0.39 is 5.60 Å². The molecule has 1 N–H and O–H groups in total. The molecule has 0 aromatic heterocycles. The van der Waals surface area contributed by atoms with E-state index in [4.69, 9.17) is 0 Å². The summed E-state index contributed by atoms with van der Waals surface area (Å²) in [6.45, 7) is 10.7. The summed E-state index contributed by atoms with van der Waals surface area (Å²) in [6, 6.07) is 21.1. The first-order valence-electron chi connectivity index (χ1n) is 8.30. The van der Waals surface area contributed by atoms with E-state index in [1.165, 1.54) is 11.1 Å². The van der Waals surface area contributed by atoms with Gasteiger partial charge in [0.15, 0.2) is 0 Å². The summed E-state index contributed by atoms with van der Waals surface area (Å²) < 4.78 is 0. The number of rotatable bonds is 7. The van der Waals surface area contributed by atoms with Gasteiger partial charge >= 0.3 is 0 Å². The Morgan fingerprint density at radius 1 is 0.739 bits per heavy atom. The Morgan fingerprint density at radius 3 is 1.48 bits per heavy atom. The molecule has 0 saturated heterocycles. The molecule has 0 aliphatic carbocycles. The monoisotopic (exact) mass is 311 g/mol. The van der Waals surface area contributed by atoms with Crippen LogP contribution in [0.1, 0.15) is 38.8 Å². The fourth-order valence-corrected chi connectivity index (χ4v) is 2.60. The Bertz CT molecular complexity index is 543. The van der Waals surface area contributed by atoms with Gasteiger partial charge < -0.3 is 5.11 Å². The Balaban J connectivity index is 2.17. The molecular weight excluding hydrogens is 282 g/mol. The molecule has 0 atom stereocenters. The van der Waals surface area contributed by atoms with Gasteiger partial charge in [0.2, 0.25) is 0 Å². The lowest BCUT2D eigenvalue weighted by molar-refractivity contribution is -0.0543. The fourth-order valence-electron chi connectivity index (χ4n) is 2.60. The van der Waals surface area contributed by atoms with Crippen molar-refractivity contribution in [2.75, 3.05) is 6.54 Å². The van der Waals surface area contributed by atoms with Gasteiger partial charge in [0.1, 0.15) is 0 Å². The number of hydrogen-bond acceptors (Lipinski definition) is 2. The van der Waals surface area contributed by atoms with Crippen LogP contribution < -0.4 is 0 Å². The third-order valence-corrected chi connectivity index (χ3v) is 4.77. The molecule has 0 unspecified atom stereocenters. The molecule has 2 heteroatoms. The van der Waals surface area contributed by atoms with E-state index in [0.717, 1.165) is 19.6 Å². The lowest BCUT2D eigenvalue weighted by Crippen LogP contribution is -2.47. The number of hydrogen-bond donors (Lipinski definition) is 1. The topological polar surface area (TPSA) is 23.5 Å². The third kappa shape index (κ3) is 5.19. The average Bonchev–Trinajstić information content (AvgIpc) is 2.47. The molecule has 2 rings (SSSR count). The van der Waals surface area contributed by atoms with Crippen LogP contribution in [-0.2, 0) is 13.1 Å². The molecule has 0 spiro atoms. The fraction of sp³-hybridized carbons (Fsp3) is 0.429. The first-order valence-corrected chi connectivity index (χ1v) is 8.30. The maximum Gasteiger partial charge on any atom is 0.0654 e. The highest BCUT2D eigenvalue weighted by Crippen LogP contribution is 2.32. The Morgan fingerprint density at radius 2 is 1.13 bits per heavy atom. The third-order valence-electron chi connectivity index (χ3n) is 4.77. The summed E-state index contributed by atoms with van der Waals surface area (Å²) >= 11 is 0. The van der Waals surface area contributed by atoms with Crippen molar-refractivity contribution in [1.29, 1.82) is 0 Å². The molecule has 0 bridgehead atoms. The summed E-state index contributed by atoms with van der Waals surface area (Å²) in [5.41, 5.74) is 1.68. The molecule has 2 aromatic rings. The Hall–Kier alpha value is -1.64. The van der Waals surface area contributed by atoms with Gasteiger partial charge in [-0.1, -0.05) is 74.5 Å². The van der Waals surface area contributed by atoms with E-state index in [1.54, 1.807) is 0 Å². The van der Waals surface area contributed by atoms with Gasteiger partial charge in [-0.3, -0.25) is 4.90 Å². The number of aliphatic hydroxyl groups is 1. The van der Waals surface area contributed by atoms with Crippen molar-refractivity contribution in [3.8, 4) is 0 Å². The number of nitrogens with zero attached hydrogens (tertiary/aromatic N) is 1. The maximum atomic E-state index is 10.5. The molecule has 0 heterocycles. The Kier molecular flexibility index (Phi) is 5.61. The second-order valence-electron chi connectivity index (χ2n) is 7.56. The first kappa shape index (κ1) is 17.7. The van der Waals surface area contributed by atoms with Crippen molar-refractivity contribution >= 4 is 0 Å². The zero-order chi connectivity index (χ0) is 16.9. The lowest BCUT2D eigenvalue weighted by atomic mass is 9.76. The summed E-state index contributed by atoms with van der Waals surface area (Å²) in [5.74, 6) is 0. The van der Waals surface area contributed by atoms with Crippen LogP contribution in [0.4, 0.5) is 0 Å². The smallest absolute Gasteiger partial charge is 0.0654 e. The van der Waals surface area contributed by atoms with Crippen LogP contribution in [-0.4, -0.2) is 22.2 Å². The second-order valence-corrected chi connectivity index (χ2v) is 7.56. The second kappa shape index (κ2) is 7.29. The summed E-state index contributed by atoms with van der Waals surface area (Å²) in [5, 5.41) is 10.5. The number of benzene rings is 2. The van der Waals surface area contributed by atoms with Gasteiger partial charge in [-0.2, -0.15) is 0 Å². The summed E-state index contributed by atoms with van der Waals surface area (Å²) in [4.78, 5) is 2.42. The van der Waals surface area contributed by atoms with Crippen LogP contribution in [0.2, 0.25) is 0 Å². The highest BCUT2D eigenvalue weighted by atomic mass is 16.3. The molecule has 2 nitrogen and oxygen atoms in total. The largest absolute Gasteiger partial charge is 0.390 e. The van der Waals surface area contributed by atoms with Gasteiger partial charge in [-0.25, -0.2) is 0 Å². The average molecular weight is 311 g/mol. The van der Waals surface area contributed by atoms with Crippen molar-refractivity contribution in [2.24, 2.45) is 5.41 Å². The zero-order valence-electron chi connectivity index (χ0n) is 14.8. The molecule has 23 heavy (non-hydrogen) atoms. The van der Waals surface area contributed by atoms with Crippen molar-refractivity contribution in [3.05, 3.63) is 71.8 Å². The normalized spacial score (nSPS) is 12.6. The zero-order valence-corrected chi connectivity index (χ0v) is 14.8. The van der Waals surface area contributed by atoms with Crippen molar-refractivity contribution < 1.29 is 5.11 Å². The van der Waals surface area contributed by atoms with E-state index in [2.05, 4.69) is 67.3 Å². The molecular formula is C21H29NO. The summed E-state index contributed by atoms with van der Waals surface area (Å²) in [7, 11) is 0. The minimum atomic E-state index is -0.724. The van der Waals surface area contributed by atoms with Gasteiger partial charge in [0, 0.05) is 25.0 Å². The summed E-state index contributed by atoms with van der Waals surface area (Å²) in [6.07, 6.45) is 0. The van der Waals surface area contributed by atoms with E-state index in [9.17, 15) is 5.11 Å². The van der Waals surface area contributed by atoms with Crippen LogP contribution in [0.15, 0.2) is 60.7 Å². The van der Waals surface area contributed by atoms with E-state index in [-0.39, 0.29) is 5.41 Å². The van der Waals surface area contributed by atoms with Gasteiger partial charge in [0.25, 0.3) is 0 Å². The Labute approximate surface area is 140 Å². The predicted molar refractivity (Wildman–Crippen MR) is 97.1 cm³/mol. The highest BCUT2D eigenvalue weighted by molar-refractivity contribution is 5.17. The van der Waals surface area contributed by atoms with Crippen LogP contribution >= 0.6 is 0 Å². The quantitative estimate of drug-likeness (QED) is 0.814. The molecule has 2 aromatic carbocycles. The van der Waals surface area contributed by atoms with Crippen LogP contribution in [0.5, 0.6) is 0 Å². The molecule has 0 saturated carbocycles. The lowest BCUT2D eigenvalue weighted by Gasteiger charge is -2.41. The molecule has 0 aliphatic heterocycles. The molecule has 0 amide bonds. The SMILES string of the molecule is CC(C)(O)C(C)(C)CN(Cc1ccccc1)Cc1ccccc1. The minimum absolute atomic E-state index is 0.198. The molecule has 0 radical (unpaired) electrons. The van der Waals surface area contributed by atoms with Gasteiger partial charge in [-0.15, -0.1) is 0 Å². The van der Waals surface area contributed by atoms with E-state index in [1.807, 2.05) is 26.0 Å². The molecule has 124 valence electrons. The highest BCUT2D eigenvalue weighted by Gasteiger charge is 2.36. The van der Waals surface area contributed by atoms with Crippen molar-refractivity contribution in [2.45, 2.75) is 46.4 Å². The van der Waals surface area contributed by atoms with Gasteiger partial charge in [0.05, 0.1) is 5.60 Å². The van der Waals surface area contributed by atoms with Crippen molar-refractivity contribution in [1.82, 2.24) is 4.90 Å². The van der Waals surface area contributed by atoms with E-state index in [0.29, 0.717) is 0 Å². The van der Waals surface area contributed by atoms with Crippen LogP contribution in [0, 0.1) is 5.41 Å².